The standard InChI is InChI=1S/C23H33ClN4O2/c1-15(2)13-27(22(30)17(4)24)14-21(29)25-20-12-19(23(5,6)7)26-28(20)18-10-8-9-16(3)11-18/h8-12,15,17H,13-14H2,1-7H3,(H,25,29). The molecule has 1 aromatic heterocycles. The maximum Gasteiger partial charge on any atom is 0.245 e. The Morgan fingerprint density at radius 2 is 1.87 bits per heavy atom. The predicted molar refractivity (Wildman–Crippen MR) is 122 cm³/mol. The maximum atomic E-state index is 12.9. The van der Waals surface area contributed by atoms with Gasteiger partial charge >= 0.3 is 0 Å². The highest BCUT2D eigenvalue weighted by atomic mass is 35.5. The van der Waals surface area contributed by atoms with Crippen molar-refractivity contribution in [1.82, 2.24) is 14.7 Å². The molecule has 1 aromatic carbocycles. The number of hydrogen-bond acceptors (Lipinski definition) is 3. The Morgan fingerprint density at radius 1 is 1.20 bits per heavy atom. The van der Waals surface area contributed by atoms with Crippen molar-refractivity contribution in [1.29, 1.82) is 0 Å². The maximum absolute atomic E-state index is 12.9. The van der Waals surface area contributed by atoms with Crippen LogP contribution in [-0.2, 0) is 15.0 Å². The number of anilines is 1. The number of rotatable bonds is 7. The smallest absolute Gasteiger partial charge is 0.245 e. The minimum absolute atomic E-state index is 0.0576. The summed E-state index contributed by atoms with van der Waals surface area (Å²) in [4.78, 5) is 26.8. The Labute approximate surface area is 184 Å². The molecule has 1 heterocycles. The highest BCUT2D eigenvalue weighted by Crippen LogP contribution is 2.26. The normalized spacial score (nSPS) is 12.7. The summed E-state index contributed by atoms with van der Waals surface area (Å²) in [6.45, 7) is 14.3. The van der Waals surface area contributed by atoms with E-state index in [9.17, 15) is 9.59 Å². The van der Waals surface area contributed by atoms with Gasteiger partial charge in [-0.1, -0.05) is 46.8 Å². The molecule has 1 unspecified atom stereocenters. The van der Waals surface area contributed by atoms with Gasteiger partial charge in [0.05, 0.1) is 17.9 Å². The summed E-state index contributed by atoms with van der Waals surface area (Å²) >= 11 is 5.99. The van der Waals surface area contributed by atoms with E-state index >= 15 is 0 Å². The van der Waals surface area contributed by atoms with Gasteiger partial charge in [-0.3, -0.25) is 9.59 Å². The molecule has 0 aliphatic heterocycles. The minimum Gasteiger partial charge on any atom is -0.332 e. The second-order valence-corrected chi connectivity index (χ2v) is 9.85. The fourth-order valence-corrected chi connectivity index (χ4v) is 3.21. The fraction of sp³-hybridized carbons (Fsp3) is 0.522. The molecule has 2 rings (SSSR count). The van der Waals surface area contributed by atoms with Crippen LogP contribution >= 0.6 is 11.6 Å². The Balaban J connectivity index is 2.32. The largest absolute Gasteiger partial charge is 0.332 e. The van der Waals surface area contributed by atoms with Crippen molar-refractivity contribution < 1.29 is 9.59 Å². The number of carbonyl (C=O) groups excluding carboxylic acids is 2. The van der Waals surface area contributed by atoms with E-state index in [0.29, 0.717) is 12.4 Å². The summed E-state index contributed by atoms with van der Waals surface area (Å²) in [6.07, 6.45) is 0. The van der Waals surface area contributed by atoms with Crippen molar-refractivity contribution in [2.75, 3.05) is 18.4 Å². The number of benzene rings is 1. The van der Waals surface area contributed by atoms with Gasteiger partial charge in [0.25, 0.3) is 0 Å². The third-order valence-corrected chi connectivity index (χ3v) is 4.75. The van der Waals surface area contributed by atoms with Crippen molar-refractivity contribution in [3.8, 4) is 5.69 Å². The quantitative estimate of drug-likeness (QED) is 0.653. The molecule has 1 N–H and O–H groups in total. The van der Waals surface area contributed by atoms with E-state index in [2.05, 4.69) is 26.1 Å². The first kappa shape index (κ1) is 23.9. The number of amides is 2. The summed E-state index contributed by atoms with van der Waals surface area (Å²) in [5, 5.41) is 7.00. The van der Waals surface area contributed by atoms with Crippen LogP contribution in [0, 0.1) is 12.8 Å². The first-order valence-corrected chi connectivity index (χ1v) is 10.7. The number of aryl methyl sites for hydroxylation is 1. The number of hydrogen-bond donors (Lipinski definition) is 1. The van der Waals surface area contributed by atoms with Gasteiger partial charge in [-0.15, -0.1) is 11.6 Å². The number of nitrogens with one attached hydrogen (secondary N) is 1. The van der Waals surface area contributed by atoms with Gasteiger partial charge in [0, 0.05) is 18.0 Å². The molecule has 0 spiro atoms. The molecule has 2 amide bonds. The molecular formula is C23H33ClN4O2. The van der Waals surface area contributed by atoms with Crippen LogP contribution in [0.15, 0.2) is 30.3 Å². The molecule has 164 valence electrons. The molecule has 7 heteroatoms. The van der Waals surface area contributed by atoms with Crippen molar-refractivity contribution in [2.24, 2.45) is 5.92 Å². The number of carbonyl (C=O) groups is 2. The molecule has 0 fully saturated rings. The Kier molecular flexibility index (Phi) is 7.70. The average molecular weight is 433 g/mol. The van der Waals surface area contributed by atoms with Crippen LogP contribution < -0.4 is 5.32 Å². The van der Waals surface area contributed by atoms with Crippen molar-refractivity contribution >= 4 is 29.2 Å². The lowest BCUT2D eigenvalue weighted by molar-refractivity contribution is -0.134. The van der Waals surface area contributed by atoms with Crippen molar-refractivity contribution in [3.63, 3.8) is 0 Å². The number of nitrogens with zero attached hydrogens (tertiary/aromatic N) is 3. The van der Waals surface area contributed by atoms with Crippen LogP contribution in [-0.4, -0.2) is 45.0 Å². The second kappa shape index (κ2) is 9.65. The number of alkyl halides is 1. The van der Waals surface area contributed by atoms with Gasteiger partial charge in [0.15, 0.2) is 0 Å². The Hall–Kier alpha value is -2.34. The first-order valence-electron chi connectivity index (χ1n) is 10.3. The molecule has 0 radical (unpaired) electrons. The van der Waals surface area contributed by atoms with Crippen LogP contribution in [0.2, 0.25) is 0 Å². The summed E-state index contributed by atoms with van der Waals surface area (Å²) in [6, 6.07) is 9.82. The molecule has 30 heavy (non-hydrogen) atoms. The van der Waals surface area contributed by atoms with Gasteiger partial charge in [0.2, 0.25) is 11.8 Å². The van der Waals surface area contributed by atoms with Gasteiger partial charge in [-0.25, -0.2) is 4.68 Å². The predicted octanol–water partition coefficient (Wildman–Crippen LogP) is 4.53. The van der Waals surface area contributed by atoms with Gasteiger partial charge < -0.3 is 10.2 Å². The Bertz CT molecular complexity index is 897. The second-order valence-electron chi connectivity index (χ2n) is 9.19. The number of aromatic nitrogens is 2. The zero-order valence-electron chi connectivity index (χ0n) is 19.0. The lowest BCUT2D eigenvalue weighted by atomic mass is 9.92. The van der Waals surface area contributed by atoms with E-state index in [1.54, 1.807) is 11.6 Å². The zero-order chi connectivity index (χ0) is 22.6. The highest BCUT2D eigenvalue weighted by Gasteiger charge is 2.24. The SMILES string of the molecule is Cc1cccc(-n2nc(C(C)(C)C)cc2NC(=O)CN(CC(C)C)C(=O)C(C)Cl)c1. The van der Waals surface area contributed by atoms with Crippen LogP contribution in [0.5, 0.6) is 0 Å². The van der Waals surface area contributed by atoms with E-state index in [1.165, 1.54) is 4.90 Å². The molecular weight excluding hydrogens is 400 g/mol. The number of halogens is 1. The van der Waals surface area contributed by atoms with E-state index < -0.39 is 5.38 Å². The fourth-order valence-electron chi connectivity index (χ4n) is 3.07. The van der Waals surface area contributed by atoms with Gasteiger partial charge in [0.1, 0.15) is 11.2 Å². The molecule has 0 bridgehead atoms. The van der Waals surface area contributed by atoms with E-state index in [1.807, 2.05) is 51.1 Å². The van der Waals surface area contributed by atoms with Crippen molar-refractivity contribution in [2.45, 2.75) is 59.3 Å². The lowest BCUT2D eigenvalue weighted by Crippen LogP contribution is -2.43. The monoisotopic (exact) mass is 432 g/mol. The molecule has 0 aliphatic carbocycles. The molecule has 0 aliphatic rings. The first-order chi connectivity index (χ1) is 13.9. The van der Waals surface area contributed by atoms with E-state index in [4.69, 9.17) is 16.7 Å². The zero-order valence-corrected chi connectivity index (χ0v) is 19.7. The van der Waals surface area contributed by atoms with Crippen LogP contribution in [0.4, 0.5) is 5.82 Å². The molecule has 0 saturated carbocycles. The van der Waals surface area contributed by atoms with E-state index in [0.717, 1.165) is 16.9 Å². The summed E-state index contributed by atoms with van der Waals surface area (Å²) in [5.74, 6) is 0.271. The molecule has 1 atom stereocenters. The topological polar surface area (TPSA) is 67.2 Å². The average Bonchev–Trinajstić information content (AvgIpc) is 3.04. The van der Waals surface area contributed by atoms with Gasteiger partial charge in [-0.2, -0.15) is 5.10 Å². The molecule has 0 saturated heterocycles. The third kappa shape index (κ3) is 6.33. The minimum atomic E-state index is -0.679. The van der Waals surface area contributed by atoms with Crippen LogP contribution in [0.25, 0.3) is 5.69 Å². The summed E-state index contributed by atoms with van der Waals surface area (Å²) < 4.78 is 1.74. The third-order valence-electron chi connectivity index (χ3n) is 4.56. The molecule has 6 nitrogen and oxygen atoms in total. The lowest BCUT2D eigenvalue weighted by Gasteiger charge is -2.25. The van der Waals surface area contributed by atoms with E-state index in [-0.39, 0.29) is 29.7 Å². The molecule has 2 aromatic rings. The van der Waals surface area contributed by atoms with Crippen LogP contribution in [0.3, 0.4) is 0 Å². The summed E-state index contributed by atoms with van der Waals surface area (Å²) in [7, 11) is 0. The highest BCUT2D eigenvalue weighted by molar-refractivity contribution is 6.30. The van der Waals surface area contributed by atoms with Crippen molar-refractivity contribution in [3.05, 3.63) is 41.6 Å². The van der Waals surface area contributed by atoms with Gasteiger partial charge in [-0.05, 0) is 37.5 Å². The Morgan fingerprint density at radius 3 is 2.40 bits per heavy atom. The van der Waals surface area contributed by atoms with Crippen LogP contribution in [0.1, 0.15) is 52.8 Å². The summed E-state index contributed by atoms with van der Waals surface area (Å²) in [5.41, 5.74) is 2.65.